The number of piperazine rings is 1. The lowest BCUT2D eigenvalue weighted by molar-refractivity contribution is -0.138. The fourth-order valence-electron chi connectivity index (χ4n) is 3.11. The summed E-state index contributed by atoms with van der Waals surface area (Å²) < 4.78 is 11.2. The molecule has 138 valence electrons. The Morgan fingerprint density at radius 1 is 1.08 bits per heavy atom. The summed E-state index contributed by atoms with van der Waals surface area (Å²) in [6.07, 6.45) is -0.550. The van der Waals surface area contributed by atoms with Crippen LogP contribution in [-0.2, 0) is 4.79 Å². The van der Waals surface area contributed by atoms with Crippen LogP contribution in [0.1, 0.15) is 6.92 Å². The van der Waals surface area contributed by atoms with E-state index in [2.05, 4.69) is 4.90 Å². The molecule has 1 aliphatic rings. The number of ether oxygens (including phenoxy) is 2. The summed E-state index contributed by atoms with van der Waals surface area (Å²) in [6.45, 7) is 4.60. The van der Waals surface area contributed by atoms with Crippen molar-refractivity contribution in [2.75, 3.05) is 38.2 Å². The zero-order valence-corrected chi connectivity index (χ0v) is 15.8. The summed E-state index contributed by atoms with van der Waals surface area (Å²) in [6, 6.07) is 15.0. The van der Waals surface area contributed by atoms with E-state index < -0.39 is 6.10 Å². The van der Waals surface area contributed by atoms with Crippen molar-refractivity contribution >= 4 is 23.2 Å². The predicted octanol–water partition coefficient (Wildman–Crippen LogP) is 3.46. The lowest BCUT2D eigenvalue weighted by Crippen LogP contribution is -2.52. The molecule has 26 heavy (non-hydrogen) atoms. The molecule has 6 heteroatoms. The first kappa shape index (κ1) is 18.4. The second-order valence-electron chi connectivity index (χ2n) is 6.20. The highest BCUT2D eigenvalue weighted by Crippen LogP contribution is 2.28. The number of anilines is 1. The Hall–Kier alpha value is -2.40. The molecular weight excluding hydrogens is 352 g/mol. The van der Waals surface area contributed by atoms with Crippen molar-refractivity contribution in [3.8, 4) is 11.5 Å². The van der Waals surface area contributed by atoms with Gasteiger partial charge in [-0.2, -0.15) is 0 Å². The molecule has 0 radical (unpaired) electrons. The van der Waals surface area contributed by atoms with Gasteiger partial charge in [-0.1, -0.05) is 29.8 Å². The van der Waals surface area contributed by atoms with E-state index in [4.69, 9.17) is 21.1 Å². The second kappa shape index (κ2) is 8.32. The molecule has 1 heterocycles. The van der Waals surface area contributed by atoms with E-state index >= 15 is 0 Å². The van der Waals surface area contributed by atoms with Gasteiger partial charge in [0.15, 0.2) is 6.10 Å². The summed E-state index contributed by atoms with van der Waals surface area (Å²) in [5.74, 6) is 1.44. The highest BCUT2D eigenvalue weighted by molar-refractivity contribution is 6.30. The van der Waals surface area contributed by atoms with Gasteiger partial charge in [-0.3, -0.25) is 4.79 Å². The van der Waals surface area contributed by atoms with E-state index in [0.717, 1.165) is 24.5 Å². The molecule has 2 aromatic carbocycles. The van der Waals surface area contributed by atoms with Gasteiger partial charge >= 0.3 is 0 Å². The minimum Gasteiger partial charge on any atom is -0.495 e. The fraction of sp³-hybridized carbons (Fsp3) is 0.350. The van der Waals surface area contributed by atoms with Crippen molar-refractivity contribution in [3.63, 3.8) is 0 Å². The average Bonchev–Trinajstić information content (AvgIpc) is 2.67. The number of amides is 1. The minimum atomic E-state index is -0.550. The van der Waals surface area contributed by atoms with E-state index in [9.17, 15) is 4.79 Å². The topological polar surface area (TPSA) is 42.0 Å². The van der Waals surface area contributed by atoms with Crippen molar-refractivity contribution in [2.45, 2.75) is 13.0 Å². The quantitative estimate of drug-likeness (QED) is 0.803. The molecule has 2 aromatic rings. The van der Waals surface area contributed by atoms with Gasteiger partial charge in [0.2, 0.25) is 0 Å². The molecule has 1 saturated heterocycles. The first-order chi connectivity index (χ1) is 12.6. The number of hydrogen-bond donors (Lipinski definition) is 0. The first-order valence-corrected chi connectivity index (χ1v) is 9.05. The molecule has 1 atom stereocenters. The van der Waals surface area contributed by atoms with Crippen molar-refractivity contribution in [1.29, 1.82) is 0 Å². The van der Waals surface area contributed by atoms with Gasteiger partial charge < -0.3 is 19.3 Å². The third kappa shape index (κ3) is 4.22. The molecule has 1 unspecified atom stereocenters. The number of halogens is 1. The smallest absolute Gasteiger partial charge is 0.263 e. The van der Waals surface area contributed by atoms with Gasteiger partial charge in [-0.25, -0.2) is 0 Å². The fourth-order valence-corrected chi connectivity index (χ4v) is 3.29. The number of para-hydroxylation sites is 2. The number of methoxy groups -OCH3 is 1. The Bertz CT molecular complexity index is 760. The lowest BCUT2D eigenvalue weighted by Gasteiger charge is -2.37. The molecule has 1 aliphatic heterocycles. The SMILES string of the molecule is COc1ccccc1N1CCN(C(=O)C(C)Oc2cccc(Cl)c2)CC1. The molecular formula is C20H23ClN2O3. The zero-order chi connectivity index (χ0) is 18.5. The molecule has 3 rings (SSSR count). The maximum atomic E-state index is 12.7. The number of carbonyl (C=O) groups excluding carboxylic acids is 1. The van der Waals surface area contributed by atoms with Gasteiger partial charge in [0.25, 0.3) is 5.91 Å². The molecule has 5 nitrogen and oxygen atoms in total. The third-order valence-electron chi connectivity index (χ3n) is 4.47. The molecule has 0 bridgehead atoms. The van der Waals surface area contributed by atoms with Gasteiger partial charge in [0.1, 0.15) is 11.5 Å². The molecule has 0 spiro atoms. The normalized spacial score (nSPS) is 15.5. The van der Waals surface area contributed by atoms with E-state index in [1.54, 1.807) is 38.3 Å². The Kier molecular flexibility index (Phi) is 5.89. The Balaban J connectivity index is 1.58. The summed E-state index contributed by atoms with van der Waals surface area (Å²) in [5.41, 5.74) is 1.06. The average molecular weight is 375 g/mol. The summed E-state index contributed by atoms with van der Waals surface area (Å²) in [5, 5.41) is 0.590. The third-order valence-corrected chi connectivity index (χ3v) is 4.71. The van der Waals surface area contributed by atoms with Gasteiger partial charge in [0, 0.05) is 31.2 Å². The molecule has 1 amide bonds. The minimum absolute atomic E-state index is 0.00958. The van der Waals surface area contributed by atoms with E-state index in [1.807, 2.05) is 29.2 Å². The van der Waals surface area contributed by atoms with E-state index in [-0.39, 0.29) is 5.91 Å². The van der Waals surface area contributed by atoms with Crippen LogP contribution in [0.15, 0.2) is 48.5 Å². The maximum Gasteiger partial charge on any atom is 0.263 e. The highest BCUT2D eigenvalue weighted by Gasteiger charge is 2.27. The van der Waals surface area contributed by atoms with Crippen molar-refractivity contribution in [1.82, 2.24) is 4.90 Å². The maximum absolute atomic E-state index is 12.7. The van der Waals surface area contributed by atoms with Crippen LogP contribution < -0.4 is 14.4 Å². The Morgan fingerprint density at radius 2 is 1.81 bits per heavy atom. The van der Waals surface area contributed by atoms with Crippen LogP contribution in [0.4, 0.5) is 5.69 Å². The van der Waals surface area contributed by atoms with Crippen molar-refractivity contribution in [3.05, 3.63) is 53.6 Å². The standard InChI is InChI=1S/C20H23ClN2O3/c1-15(26-17-7-5-6-16(21)14-17)20(24)23-12-10-22(11-13-23)18-8-3-4-9-19(18)25-2/h3-9,14-15H,10-13H2,1-2H3. The van der Waals surface area contributed by atoms with Crippen LogP contribution in [-0.4, -0.2) is 50.2 Å². The van der Waals surface area contributed by atoms with Crippen LogP contribution in [0.3, 0.4) is 0 Å². The molecule has 0 aromatic heterocycles. The number of hydrogen-bond acceptors (Lipinski definition) is 4. The second-order valence-corrected chi connectivity index (χ2v) is 6.64. The number of nitrogens with zero attached hydrogens (tertiary/aromatic N) is 2. The Labute approximate surface area is 159 Å². The van der Waals surface area contributed by atoms with Crippen molar-refractivity contribution in [2.24, 2.45) is 0 Å². The van der Waals surface area contributed by atoms with Crippen LogP contribution in [0, 0.1) is 0 Å². The van der Waals surface area contributed by atoms with E-state index in [0.29, 0.717) is 23.9 Å². The molecule has 0 N–H and O–H groups in total. The van der Waals surface area contributed by atoms with E-state index in [1.165, 1.54) is 0 Å². The first-order valence-electron chi connectivity index (χ1n) is 8.67. The summed E-state index contributed by atoms with van der Waals surface area (Å²) in [4.78, 5) is 16.8. The highest BCUT2D eigenvalue weighted by atomic mass is 35.5. The van der Waals surface area contributed by atoms with Crippen LogP contribution in [0.25, 0.3) is 0 Å². The zero-order valence-electron chi connectivity index (χ0n) is 15.0. The van der Waals surface area contributed by atoms with Crippen LogP contribution >= 0.6 is 11.6 Å². The number of carbonyl (C=O) groups is 1. The monoisotopic (exact) mass is 374 g/mol. The van der Waals surface area contributed by atoms with Crippen LogP contribution in [0.5, 0.6) is 11.5 Å². The predicted molar refractivity (Wildman–Crippen MR) is 103 cm³/mol. The molecule has 1 fully saturated rings. The Morgan fingerprint density at radius 3 is 2.50 bits per heavy atom. The number of rotatable bonds is 5. The summed E-state index contributed by atoms with van der Waals surface area (Å²) >= 11 is 5.96. The summed E-state index contributed by atoms with van der Waals surface area (Å²) in [7, 11) is 1.67. The van der Waals surface area contributed by atoms with Crippen molar-refractivity contribution < 1.29 is 14.3 Å². The van der Waals surface area contributed by atoms with Gasteiger partial charge in [-0.15, -0.1) is 0 Å². The molecule has 0 saturated carbocycles. The molecule has 0 aliphatic carbocycles. The van der Waals surface area contributed by atoms with Gasteiger partial charge in [-0.05, 0) is 37.3 Å². The number of benzene rings is 2. The van der Waals surface area contributed by atoms with Gasteiger partial charge in [0.05, 0.1) is 12.8 Å². The van der Waals surface area contributed by atoms with Crippen LogP contribution in [0.2, 0.25) is 5.02 Å². The largest absolute Gasteiger partial charge is 0.495 e. The lowest BCUT2D eigenvalue weighted by atomic mass is 10.2.